The molecule has 1 saturated heterocycles. The Balaban J connectivity index is 1.26. The van der Waals surface area contributed by atoms with Gasteiger partial charge in [0.1, 0.15) is 11.4 Å². The molecule has 10 heteroatoms. The Morgan fingerprint density at radius 2 is 1.83 bits per heavy atom. The third kappa shape index (κ3) is 3.48. The first-order valence-corrected chi connectivity index (χ1v) is 10.5. The summed E-state index contributed by atoms with van der Waals surface area (Å²) in [5.74, 6) is 0.00674. The summed E-state index contributed by atoms with van der Waals surface area (Å²) in [6.07, 6.45) is 1.34. The number of ether oxygens (including phenoxy) is 1. The van der Waals surface area contributed by atoms with Gasteiger partial charge in [-0.2, -0.15) is 18.2 Å². The van der Waals surface area contributed by atoms with Gasteiger partial charge >= 0.3 is 6.18 Å². The quantitative estimate of drug-likeness (QED) is 0.649. The number of alkyl halides is 3. The zero-order chi connectivity index (χ0) is 21.2. The number of nitrogens with zero attached hydrogens (tertiary/aromatic N) is 2. The molecule has 6 rings (SSSR count). The van der Waals surface area contributed by atoms with Crippen LogP contribution < -0.4 is 16.0 Å². The molecule has 0 atom stereocenters. The molecule has 1 aliphatic heterocycles. The van der Waals surface area contributed by atoms with Crippen LogP contribution in [0.4, 0.5) is 24.9 Å². The monoisotopic (exact) mass is 425 g/mol. The fourth-order valence-electron chi connectivity index (χ4n) is 4.92. The van der Waals surface area contributed by atoms with Crippen molar-refractivity contribution in [1.82, 2.24) is 15.3 Å². The van der Waals surface area contributed by atoms with Crippen LogP contribution in [0.25, 0.3) is 0 Å². The van der Waals surface area contributed by atoms with Crippen LogP contribution in [0.1, 0.15) is 57.4 Å². The average Bonchev–Trinajstić information content (AvgIpc) is 3.33. The number of aromatic nitrogens is 2. The molecular formula is C20H26F3N5O2. The van der Waals surface area contributed by atoms with Gasteiger partial charge in [-0.25, -0.2) is 4.98 Å². The highest BCUT2D eigenvalue weighted by atomic mass is 19.4. The Morgan fingerprint density at radius 1 is 1.17 bits per heavy atom. The van der Waals surface area contributed by atoms with Crippen molar-refractivity contribution in [3.8, 4) is 0 Å². The van der Waals surface area contributed by atoms with Gasteiger partial charge in [-0.15, -0.1) is 0 Å². The fourth-order valence-corrected chi connectivity index (χ4v) is 4.92. The normalized spacial score (nSPS) is 31.9. The molecule has 5 fully saturated rings. The van der Waals surface area contributed by atoms with Crippen molar-refractivity contribution in [3.63, 3.8) is 0 Å². The summed E-state index contributed by atoms with van der Waals surface area (Å²) in [7, 11) is 0. The number of rotatable bonds is 6. The predicted octanol–water partition coefficient (Wildman–Crippen LogP) is 3.09. The van der Waals surface area contributed by atoms with Crippen LogP contribution in [0.15, 0.2) is 6.20 Å². The highest BCUT2D eigenvalue weighted by molar-refractivity contribution is 5.88. The van der Waals surface area contributed by atoms with E-state index in [1.165, 1.54) is 0 Å². The molecule has 0 radical (unpaired) electrons. The lowest BCUT2D eigenvalue weighted by atomic mass is 9.39. The molecule has 0 spiro atoms. The number of amides is 1. The maximum absolute atomic E-state index is 13.5. The van der Waals surface area contributed by atoms with Crippen LogP contribution in [0.2, 0.25) is 0 Å². The number of nitrogens with one attached hydrogen (secondary N) is 3. The van der Waals surface area contributed by atoms with Crippen LogP contribution in [0.3, 0.4) is 0 Å². The molecule has 164 valence electrons. The number of hydrogen-bond acceptors (Lipinski definition) is 6. The molecule has 0 unspecified atom stereocenters. The summed E-state index contributed by atoms with van der Waals surface area (Å²) in [6, 6.07) is 0.125. The Labute approximate surface area is 172 Å². The van der Waals surface area contributed by atoms with Crippen LogP contribution in [0, 0.1) is 5.41 Å². The topological polar surface area (TPSA) is 88.2 Å². The first-order valence-electron chi connectivity index (χ1n) is 10.5. The standard InChI is InChI=1S/C20H26F3N5O2/c1-17(4-5-17)28-16-24-8-13(20(21,22)23)14(26-16)27-19-9-18(10-19,11-19)15(29)25-12-2-6-30-7-3-12/h8,12H,2-7,9-11H2,1H3,(H,25,29)(H2,24,26,27,28). The van der Waals surface area contributed by atoms with Gasteiger partial charge in [0.25, 0.3) is 0 Å². The maximum Gasteiger partial charge on any atom is 0.421 e. The van der Waals surface area contributed by atoms with Crippen molar-refractivity contribution in [3.05, 3.63) is 11.8 Å². The first-order chi connectivity index (χ1) is 14.1. The Kier molecular flexibility index (Phi) is 4.26. The summed E-state index contributed by atoms with van der Waals surface area (Å²) in [5, 5.41) is 9.22. The van der Waals surface area contributed by atoms with Gasteiger partial charge in [0.05, 0.1) is 5.41 Å². The third-order valence-electron chi connectivity index (χ3n) is 6.96. The Hall–Kier alpha value is -2.10. The van der Waals surface area contributed by atoms with E-state index in [0.29, 0.717) is 32.5 Å². The molecule has 30 heavy (non-hydrogen) atoms. The Morgan fingerprint density at radius 3 is 2.43 bits per heavy atom. The summed E-state index contributed by atoms with van der Waals surface area (Å²) in [5.41, 5.74) is -1.97. The first kappa shape index (κ1) is 19.8. The number of carbonyl (C=O) groups is 1. The maximum atomic E-state index is 13.5. The van der Waals surface area contributed by atoms with E-state index in [1.54, 1.807) is 0 Å². The van der Waals surface area contributed by atoms with E-state index in [2.05, 4.69) is 25.9 Å². The summed E-state index contributed by atoms with van der Waals surface area (Å²) >= 11 is 0. The molecule has 1 aromatic rings. The minimum absolute atomic E-state index is 0.0146. The molecule has 2 heterocycles. The highest BCUT2D eigenvalue weighted by Crippen LogP contribution is 2.68. The summed E-state index contributed by atoms with van der Waals surface area (Å²) in [4.78, 5) is 20.7. The van der Waals surface area contributed by atoms with Gasteiger partial charge in [0.2, 0.25) is 11.9 Å². The van der Waals surface area contributed by atoms with Crippen molar-refractivity contribution >= 4 is 17.7 Å². The molecule has 0 aromatic carbocycles. The van der Waals surface area contributed by atoms with Gasteiger partial charge in [-0.05, 0) is 51.9 Å². The lowest BCUT2D eigenvalue weighted by molar-refractivity contribution is -0.169. The molecule has 1 amide bonds. The molecule has 5 aliphatic rings. The zero-order valence-electron chi connectivity index (χ0n) is 16.9. The van der Waals surface area contributed by atoms with Crippen LogP contribution in [-0.2, 0) is 15.7 Å². The van der Waals surface area contributed by atoms with Crippen LogP contribution >= 0.6 is 0 Å². The van der Waals surface area contributed by atoms with Gasteiger partial charge in [0, 0.05) is 36.5 Å². The second kappa shape index (κ2) is 6.45. The van der Waals surface area contributed by atoms with Crippen molar-refractivity contribution in [2.75, 3.05) is 23.8 Å². The van der Waals surface area contributed by atoms with Crippen molar-refractivity contribution in [1.29, 1.82) is 0 Å². The lowest BCUT2D eigenvalue weighted by Gasteiger charge is -2.69. The molecule has 7 nitrogen and oxygen atoms in total. The zero-order valence-corrected chi connectivity index (χ0v) is 16.9. The van der Waals surface area contributed by atoms with E-state index < -0.39 is 22.7 Å². The SMILES string of the molecule is CC1(Nc2ncc(C(F)(F)F)c(NC34CC(C(=O)NC5CCOCC5)(C3)C4)n2)CC1. The molecule has 4 aliphatic carbocycles. The van der Waals surface area contributed by atoms with E-state index in [-0.39, 0.29) is 29.3 Å². The lowest BCUT2D eigenvalue weighted by Crippen LogP contribution is -2.75. The van der Waals surface area contributed by atoms with Crippen molar-refractivity contribution < 1.29 is 22.7 Å². The minimum atomic E-state index is -4.55. The molecular weight excluding hydrogens is 399 g/mol. The summed E-state index contributed by atoms with van der Waals surface area (Å²) in [6.45, 7) is 3.28. The minimum Gasteiger partial charge on any atom is -0.381 e. The van der Waals surface area contributed by atoms with Crippen molar-refractivity contribution in [2.24, 2.45) is 5.41 Å². The van der Waals surface area contributed by atoms with Crippen molar-refractivity contribution in [2.45, 2.75) is 75.2 Å². The van der Waals surface area contributed by atoms with E-state index in [9.17, 15) is 18.0 Å². The smallest absolute Gasteiger partial charge is 0.381 e. The number of anilines is 2. The van der Waals surface area contributed by atoms with E-state index in [1.807, 2.05) is 6.92 Å². The van der Waals surface area contributed by atoms with Gasteiger partial charge in [-0.3, -0.25) is 4.79 Å². The molecule has 4 saturated carbocycles. The van der Waals surface area contributed by atoms with E-state index >= 15 is 0 Å². The van der Waals surface area contributed by atoms with Gasteiger partial charge in [-0.1, -0.05) is 0 Å². The third-order valence-corrected chi connectivity index (χ3v) is 6.96. The van der Waals surface area contributed by atoms with Crippen LogP contribution in [-0.4, -0.2) is 46.2 Å². The van der Waals surface area contributed by atoms with Gasteiger partial charge in [0.15, 0.2) is 0 Å². The average molecular weight is 425 g/mol. The predicted molar refractivity (Wildman–Crippen MR) is 103 cm³/mol. The van der Waals surface area contributed by atoms with Gasteiger partial charge < -0.3 is 20.7 Å². The largest absolute Gasteiger partial charge is 0.421 e. The second-order valence-corrected chi connectivity index (χ2v) is 9.72. The molecule has 3 N–H and O–H groups in total. The molecule has 1 aromatic heterocycles. The molecule has 2 bridgehead atoms. The van der Waals surface area contributed by atoms with E-state index in [4.69, 9.17) is 4.74 Å². The fraction of sp³-hybridized carbons (Fsp3) is 0.750. The van der Waals surface area contributed by atoms with Crippen LogP contribution in [0.5, 0.6) is 0 Å². The number of carbonyl (C=O) groups excluding carboxylic acids is 1. The van der Waals surface area contributed by atoms with E-state index in [0.717, 1.165) is 31.9 Å². The summed E-state index contributed by atoms with van der Waals surface area (Å²) < 4.78 is 45.8. The number of hydrogen-bond donors (Lipinski definition) is 3. The second-order valence-electron chi connectivity index (χ2n) is 9.72. The Bertz CT molecular complexity index is 845. The highest BCUT2D eigenvalue weighted by Gasteiger charge is 2.72. The number of halogens is 3.